The lowest BCUT2D eigenvalue weighted by Gasteiger charge is -1.99. The number of carbonyl (C=O) groups is 1. The van der Waals surface area contributed by atoms with Crippen LogP contribution in [0.25, 0.3) is 0 Å². The van der Waals surface area contributed by atoms with E-state index in [-0.39, 0.29) is 28.5 Å². The molecule has 14 heavy (non-hydrogen) atoms. The van der Waals surface area contributed by atoms with E-state index < -0.39 is 0 Å². The van der Waals surface area contributed by atoms with Crippen molar-refractivity contribution in [1.82, 2.24) is 11.1 Å². The van der Waals surface area contributed by atoms with Crippen LogP contribution >= 0.6 is 34.8 Å². The monoisotopic (exact) mass is 259 g/mol. The Labute approximate surface area is 95.4 Å². The highest BCUT2D eigenvalue weighted by Crippen LogP contribution is 2.31. The summed E-state index contributed by atoms with van der Waals surface area (Å²) in [4.78, 5) is 12.0. The van der Waals surface area contributed by atoms with Crippen molar-refractivity contribution >= 4 is 47.1 Å². The summed E-state index contributed by atoms with van der Waals surface area (Å²) >= 11 is 16.7. The van der Waals surface area contributed by atoms with Gasteiger partial charge in [0.25, 0.3) is 6.47 Å². The largest absolute Gasteiger partial charge is 0.483 e. The molecule has 0 aliphatic carbocycles. The minimum Gasteiger partial charge on any atom is -0.483 e. The van der Waals surface area contributed by atoms with E-state index in [9.17, 15) is 0 Å². The summed E-state index contributed by atoms with van der Waals surface area (Å²) in [6, 6.07) is 0. The Morgan fingerprint density at radius 1 is 1.36 bits per heavy atom. The third-order valence-corrected chi connectivity index (χ3v) is 2.20. The molecule has 1 heterocycles. The number of pyridine rings is 1. The van der Waals surface area contributed by atoms with Crippen molar-refractivity contribution in [2.24, 2.45) is 0 Å². The summed E-state index contributed by atoms with van der Waals surface area (Å²) in [6.07, 6.45) is 1.35. The number of halogens is 3. The topological polar surface area (TPSA) is 111 Å². The van der Waals surface area contributed by atoms with Crippen LogP contribution in [0.5, 0.6) is 0 Å². The smallest absolute Gasteiger partial charge is 0.290 e. The second kappa shape index (κ2) is 7.64. The number of nitrogens with zero attached hydrogens (tertiary/aromatic N) is 1. The Kier molecular flexibility index (Phi) is 8.57. The van der Waals surface area contributed by atoms with Gasteiger partial charge in [-0.15, -0.1) is 0 Å². The molecule has 0 saturated carbocycles. The van der Waals surface area contributed by atoms with Crippen molar-refractivity contribution in [1.29, 1.82) is 0 Å². The van der Waals surface area contributed by atoms with Gasteiger partial charge in [-0.05, 0) is 0 Å². The van der Waals surface area contributed by atoms with Crippen molar-refractivity contribution < 1.29 is 9.90 Å². The van der Waals surface area contributed by atoms with Crippen LogP contribution in [0.4, 0.5) is 5.82 Å². The van der Waals surface area contributed by atoms with Crippen LogP contribution in [0.15, 0.2) is 6.20 Å². The minimum absolute atomic E-state index is 0. The molecule has 0 atom stereocenters. The summed E-state index contributed by atoms with van der Waals surface area (Å²) < 4.78 is 0. The van der Waals surface area contributed by atoms with Crippen LogP contribution in [0, 0.1) is 0 Å². The summed E-state index contributed by atoms with van der Waals surface area (Å²) in [5, 5.41) is 7.64. The highest BCUT2D eigenvalue weighted by molar-refractivity contribution is 6.48. The summed E-state index contributed by atoms with van der Waals surface area (Å²) in [6.45, 7) is -0.250. The third-order valence-electron chi connectivity index (χ3n) is 0.944. The van der Waals surface area contributed by atoms with E-state index >= 15 is 0 Å². The number of rotatable bonds is 0. The Morgan fingerprint density at radius 2 is 1.79 bits per heavy atom. The first-order chi connectivity index (χ1) is 6.04. The minimum atomic E-state index is -0.250. The van der Waals surface area contributed by atoms with Crippen LogP contribution in [0.2, 0.25) is 15.1 Å². The first-order valence-corrected chi connectivity index (χ1v) is 4.00. The molecule has 1 aromatic rings. The molecule has 0 radical (unpaired) electrons. The molecule has 0 aliphatic rings. The Bertz CT molecular complexity index is 282. The molecule has 80 valence electrons. The Morgan fingerprint density at radius 3 is 2.14 bits per heavy atom. The molecule has 0 spiro atoms. The van der Waals surface area contributed by atoms with E-state index in [2.05, 4.69) is 4.98 Å². The fraction of sp³-hybridized carbons (Fsp3) is 0. The van der Waals surface area contributed by atoms with Crippen LogP contribution in [-0.4, -0.2) is 16.6 Å². The number of nitrogen functional groups attached to an aromatic ring is 1. The summed E-state index contributed by atoms with van der Waals surface area (Å²) in [5.74, 6) is 0.191. The van der Waals surface area contributed by atoms with Gasteiger partial charge in [-0.1, -0.05) is 34.8 Å². The van der Waals surface area contributed by atoms with Gasteiger partial charge in [0.1, 0.15) is 10.8 Å². The van der Waals surface area contributed by atoms with E-state index in [1.165, 1.54) is 6.20 Å². The highest BCUT2D eigenvalue weighted by atomic mass is 35.5. The first-order valence-electron chi connectivity index (χ1n) is 2.87. The van der Waals surface area contributed by atoms with Gasteiger partial charge in [0.2, 0.25) is 0 Å². The molecule has 8 heteroatoms. The molecule has 6 N–H and O–H groups in total. The second-order valence-electron chi connectivity index (χ2n) is 1.72. The molecule has 0 aliphatic heterocycles. The number of aromatic nitrogens is 1. The maximum Gasteiger partial charge on any atom is 0.290 e. The van der Waals surface area contributed by atoms with Crippen LogP contribution in [-0.2, 0) is 4.79 Å². The van der Waals surface area contributed by atoms with Crippen LogP contribution in [0.3, 0.4) is 0 Å². The van der Waals surface area contributed by atoms with Crippen LogP contribution in [0.1, 0.15) is 0 Å². The van der Waals surface area contributed by atoms with Gasteiger partial charge in [-0.2, -0.15) is 0 Å². The third kappa shape index (κ3) is 4.48. The number of carboxylic acid groups (broad SMARTS) is 1. The predicted molar refractivity (Wildman–Crippen MR) is 57.4 cm³/mol. The lowest BCUT2D eigenvalue weighted by atomic mass is 10.4. The number of hydrogen-bond donors (Lipinski definition) is 3. The van der Waals surface area contributed by atoms with E-state index in [1.807, 2.05) is 0 Å². The number of hydrogen-bond acceptors (Lipinski definition) is 4. The lowest BCUT2D eigenvalue weighted by Crippen LogP contribution is -1.90. The normalized spacial score (nSPS) is 7.93. The zero-order chi connectivity index (χ0) is 10.4. The SMILES string of the molecule is N.Nc1ncc(Cl)c(Cl)c1Cl.O=CO. The summed E-state index contributed by atoms with van der Waals surface area (Å²) in [7, 11) is 0. The predicted octanol–water partition coefficient (Wildman–Crippen LogP) is 2.49. The average Bonchev–Trinajstić information content (AvgIpc) is 2.10. The van der Waals surface area contributed by atoms with Crippen molar-refractivity contribution in [2.75, 3.05) is 5.73 Å². The fourth-order valence-corrected chi connectivity index (χ4v) is 0.945. The van der Waals surface area contributed by atoms with Gasteiger partial charge in [0, 0.05) is 6.20 Å². The van der Waals surface area contributed by atoms with Crippen LogP contribution < -0.4 is 11.9 Å². The molecule has 0 unspecified atom stereocenters. The van der Waals surface area contributed by atoms with Gasteiger partial charge in [-0.25, -0.2) is 4.98 Å². The van der Waals surface area contributed by atoms with E-state index in [0.29, 0.717) is 5.02 Å². The van der Waals surface area contributed by atoms with Crippen molar-refractivity contribution in [2.45, 2.75) is 0 Å². The zero-order valence-electron chi connectivity index (χ0n) is 6.88. The molecule has 1 aromatic heterocycles. The lowest BCUT2D eigenvalue weighted by molar-refractivity contribution is -0.122. The molecular formula is C6H8Cl3N3O2. The van der Waals surface area contributed by atoms with Crippen molar-refractivity contribution in [3.8, 4) is 0 Å². The van der Waals surface area contributed by atoms with Gasteiger partial charge in [-0.3, -0.25) is 4.79 Å². The van der Waals surface area contributed by atoms with E-state index in [4.69, 9.17) is 50.4 Å². The standard InChI is InChI=1S/C5H3Cl3N2.CH2O2.H3N/c6-2-1-10-5(9)4(8)3(2)7;2-1-3;/h1H,(H2,9,10);1H,(H,2,3);1H3. The Hall–Kier alpha value is -0.750. The second-order valence-corrected chi connectivity index (χ2v) is 2.89. The molecule has 0 bridgehead atoms. The zero-order valence-corrected chi connectivity index (χ0v) is 9.14. The maximum absolute atomic E-state index is 8.36. The molecule has 0 saturated heterocycles. The molecule has 0 amide bonds. The molecule has 0 fully saturated rings. The van der Waals surface area contributed by atoms with Gasteiger partial charge >= 0.3 is 0 Å². The van der Waals surface area contributed by atoms with E-state index in [1.54, 1.807) is 0 Å². The molecule has 0 aromatic carbocycles. The summed E-state index contributed by atoms with van der Waals surface area (Å²) in [5.41, 5.74) is 5.30. The molecule has 1 rings (SSSR count). The van der Waals surface area contributed by atoms with E-state index in [0.717, 1.165) is 0 Å². The quantitative estimate of drug-likeness (QED) is 0.620. The Balaban J connectivity index is 0. The first kappa shape index (κ1) is 15.7. The highest BCUT2D eigenvalue weighted by Gasteiger charge is 2.06. The number of nitrogens with two attached hydrogens (primary N) is 1. The fourth-order valence-electron chi connectivity index (χ4n) is 0.457. The average molecular weight is 261 g/mol. The molecular weight excluding hydrogens is 252 g/mol. The van der Waals surface area contributed by atoms with Crippen molar-refractivity contribution in [3.05, 3.63) is 21.3 Å². The van der Waals surface area contributed by atoms with Gasteiger partial charge in [0.05, 0.1) is 10.0 Å². The van der Waals surface area contributed by atoms with Gasteiger partial charge < -0.3 is 17.0 Å². The number of anilines is 1. The van der Waals surface area contributed by atoms with Crippen molar-refractivity contribution in [3.63, 3.8) is 0 Å². The van der Waals surface area contributed by atoms with Gasteiger partial charge in [0.15, 0.2) is 0 Å². The molecule has 5 nitrogen and oxygen atoms in total. The maximum atomic E-state index is 8.36.